The van der Waals surface area contributed by atoms with Crippen LogP contribution in [0.5, 0.6) is 0 Å². The second kappa shape index (κ2) is 9.31. The number of rotatable bonds is 6. The molecule has 3 aromatic heterocycles. The molecule has 4 heterocycles. The van der Waals surface area contributed by atoms with Crippen molar-refractivity contribution < 1.29 is 13.2 Å². The van der Waals surface area contributed by atoms with Gasteiger partial charge in [0.2, 0.25) is 5.91 Å². The fraction of sp³-hybridized carbons (Fsp3) is 0.292. The van der Waals surface area contributed by atoms with Crippen LogP contribution in [0.3, 0.4) is 0 Å². The van der Waals surface area contributed by atoms with Crippen molar-refractivity contribution in [3.8, 4) is 0 Å². The molecular formula is C24H26N6O3S2. The summed E-state index contributed by atoms with van der Waals surface area (Å²) in [6.07, 6.45) is 4.87. The van der Waals surface area contributed by atoms with Crippen molar-refractivity contribution in [3.63, 3.8) is 0 Å². The van der Waals surface area contributed by atoms with Gasteiger partial charge in [0.1, 0.15) is 16.8 Å². The minimum Gasteiger partial charge on any atom is -0.353 e. The molecule has 0 bridgehead atoms. The van der Waals surface area contributed by atoms with Gasteiger partial charge >= 0.3 is 0 Å². The number of amides is 1. The number of aryl methyl sites for hydroxylation is 1. The van der Waals surface area contributed by atoms with E-state index in [-0.39, 0.29) is 16.8 Å². The number of fused-ring (bicyclic) bond motifs is 1. The highest BCUT2D eigenvalue weighted by molar-refractivity contribution is 7.93. The van der Waals surface area contributed by atoms with Gasteiger partial charge in [-0.3, -0.25) is 9.52 Å². The lowest BCUT2D eigenvalue weighted by Gasteiger charge is -2.36. The summed E-state index contributed by atoms with van der Waals surface area (Å²) in [6, 6.07) is 11.2. The minimum absolute atomic E-state index is 0.0771. The predicted molar refractivity (Wildman–Crippen MR) is 137 cm³/mol. The van der Waals surface area contributed by atoms with Crippen LogP contribution < -0.4 is 9.62 Å². The van der Waals surface area contributed by atoms with E-state index in [9.17, 15) is 13.2 Å². The molecule has 9 nitrogen and oxygen atoms in total. The lowest BCUT2D eigenvalue weighted by molar-refractivity contribution is -0.134. The Morgan fingerprint density at radius 1 is 1.09 bits per heavy atom. The van der Waals surface area contributed by atoms with Gasteiger partial charge in [-0.1, -0.05) is 12.1 Å². The molecule has 1 amide bonds. The molecule has 0 saturated carbocycles. The monoisotopic (exact) mass is 510 g/mol. The lowest BCUT2D eigenvalue weighted by Crippen LogP contribution is -2.50. The van der Waals surface area contributed by atoms with Crippen LogP contribution in [0, 0.1) is 6.92 Å². The molecule has 182 valence electrons. The van der Waals surface area contributed by atoms with Crippen LogP contribution in [0.4, 0.5) is 10.9 Å². The Bertz CT molecular complexity index is 1440. The topological polar surface area (TPSA) is 100 Å². The van der Waals surface area contributed by atoms with Crippen molar-refractivity contribution in [1.82, 2.24) is 19.4 Å². The number of sulfonamides is 1. The van der Waals surface area contributed by atoms with Crippen molar-refractivity contribution in [3.05, 3.63) is 65.9 Å². The first-order valence-electron chi connectivity index (χ1n) is 11.3. The summed E-state index contributed by atoms with van der Waals surface area (Å²) in [5.41, 5.74) is 2.23. The standard InChI is InChI=1S/C24H26N6O3S2/c1-17-3-4-19-7-9-30(21(19)15-17)18(2)23(31)29-12-10-28(11-13-29)22-6-5-20(16-26-22)35(32,33)27-24-25-8-14-34-24/h3-9,14-16,18H,10-13H2,1-2H3,(H,25,27)/t18-/m1/s1. The molecule has 1 aliphatic heterocycles. The van der Waals surface area contributed by atoms with Gasteiger partial charge in [0.25, 0.3) is 10.0 Å². The van der Waals surface area contributed by atoms with Gasteiger partial charge in [-0.25, -0.2) is 18.4 Å². The van der Waals surface area contributed by atoms with E-state index >= 15 is 0 Å². The predicted octanol–water partition coefficient (Wildman–Crippen LogP) is 3.51. The average molecular weight is 511 g/mol. The number of aromatic nitrogens is 3. The molecule has 0 spiro atoms. The number of pyridine rings is 1. The van der Waals surface area contributed by atoms with E-state index in [4.69, 9.17) is 0 Å². The third-order valence-electron chi connectivity index (χ3n) is 6.25. The van der Waals surface area contributed by atoms with Crippen LogP contribution in [0.2, 0.25) is 0 Å². The number of hydrogen-bond acceptors (Lipinski definition) is 7. The first kappa shape index (κ1) is 23.3. The summed E-state index contributed by atoms with van der Waals surface area (Å²) in [4.78, 5) is 25.6. The number of thiazole rings is 1. The van der Waals surface area contributed by atoms with Crippen LogP contribution in [-0.4, -0.2) is 59.9 Å². The fourth-order valence-corrected chi connectivity index (χ4v) is 6.04. The highest BCUT2D eigenvalue weighted by atomic mass is 32.2. The molecule has 11 heteroatoms. The summed E-state index contributed by atoms with van der Waals surface area (Å²) >= 11 is 1.21. The Morgan fingerprint density at radius 3 is 2.57 bits per heavy atom. The van der Waals surface area contributed by atoms with E-state index in [1.54, 1.807) is 11.4 Å². The summed E-state index contributed by atoms with van der Waals surface area (Å²) in [5.74, 6) is 0.775. The van der Waals surface area contributed by atoms with Crippen molar-refractivity contribution >= 4 is 49.1 Å². The van der Waals surface area contributed by atoms with E-state index in [2.05, 4.69) is 44.7 Å². The number of carbonyl (C=O) groups is 1. The fourth-order valence-electron chi connectivity index (χ4n) is 4.30. The molecule has 5 rings (SSSR count). The van der Waals surface area contributed by atoms with Crippen LogP contribution in [0.15, 0.2) is 65.3 Å². The van der Waals surface area contributed by atoms with Gasteiger partial charge in [0, 0.05) is 55.7 Å². The zero-order chi connectivity index (χ0) is 24.6. The molecule has 1 atom stereocenters. The average Bonchev–Trinajstić information content (AvgIpc) is 3.52. The number of carbonyl (C=O) groups excluding carboxylic acids is 1. The molecule has 4 aromatic rings. The Balaban J connectivity index is 1.22. The largest absolute Gasteiger partial charge is 0.353 e. The van der Waals surface area contributed by atoms with E-state index in [1.165, 1.54) is 29.8 Å². The van der Waals surface area contributed by atoms with Crippen LogP contribution in [0.25, 0.3) is 10.9 Å². The normalized spacial score (nSPS) is 15.4. The quantitative estimate of drug-likeness (QED) is 0.426. The highest BCUT2D eigenvalue weighted by Gasteiger charge is 2.27. The second-order valence-electron chi connectivity index (χ2n) is 8.57. The van der Waals surface area contributed by atoms with Crippen LogP contribution in [-0.2, 0) is 14.8 Å². The van der Waals surface area contributed by atoms with Gasteiger partial charge in [0.15, 0.2) is 5.13 Å². The van der Waals surface area contributed by atoms with Gasteiger partial charge < -0.3 is 14.4 Å². The highest BCUT2D eigenvalue weighted by Crippen LogP contribution is 2.24. The maximum Gasteiger partial charge on any atom is 0.265 e. The molecule has 0 unspecified atom stereocenters. The third kappa shape index (κ3) is 4.73. The third-order valence-corrected chi connectivity index (χ3v) is 8.40. The van der Waals surface area contributed by atoms with E-state index in [1.807, 2.05) is 28.7 Å². The van der Waals surface area contributed by atoms with E-state index in [0.717, 1.165) is 16.5 Å². The molecule has 0 radical (unpaired) electrons. The molecule has 1 N–H and O–H groups in total. The molecule has 1 aliphatic rings. The molecule has 1 fully saturated rings. The van der Waals surface area contributed by atoms with Gasteiger partial charge in [-0.05, 0) is 49.1 Å². The van der Waals surface area contributed by atoms with Gasteiger partial charge in [-0.15, -0.1) is 11.3 Å². The Hall–Kier alpha value is -3.44. The number of benzene rings is 1. The Labute approximate surface area is 208 Å². The van der Waals surface area contributed by atoms with Crippen molar-refractivity contribution in [1.29, 1.82) is 0 Å². The summed E-state index contributed by atoms with van der Waals surface area (Å²) in [5, 5.41) is 3.14. The van der Waals surface area contributed by atoms with E-state index < -0.39 is 10.0 Å². The SMILES string of the molecule is Cc1ccc2ccn([C@H](C)C(=O)N3CCN(c4ccc(S(=O)(=O)Nc5nccs5)cn4)CC3)c2c1. The number of nitrogens with zero attached hydrogens (tertiary/aromatic N) is 5. The van der Waals surface area contributed by atoms with Crippen molar-refractivity contribution in [2.75, 3.05) is 35.8 Å². The second-order valence-corrected chi connectivity index (χ2v) is 11.1. The van der Waals surface area contributed by atoms with Crippen molar-refractivity contribution in [2.24, 2.45) is 0 Å². The summed E-state index contributed by atoms with van der Waals surface area (Å²) in [6.45, 7) is 6.40. The maximum absolute atomic E-state index is 13.2. The van der Waals surface area contributed by atoms with Crippen LogP contribution in [0.1, 0.15) is 18.5 Å². The first-order chi connectivity index (χ1) is 16.8. The number of nitrogens with one attached hydrogen (secondary N) is 1. The number of anilines is 2. The number of piperazine rings is 1. The van der Waals surface area contributed by atoms with E-state index in [0.29, 0.717) is 37.1 Å². The molecule has 1 aromatic carbocycles. The summed E-state index contributed by atoms with van der Waals surface area (Å²) in [7, 11) is -3.74. The molecule has 1 saturated heterocycles. The number of hydrogen-bond donors (Lipinski definition) is 1. The van der Waals surface area contributed by atoms with Gasteiger partial charge in [0.05, 0.1) is 0 Å². The molecule has 0 aliphatic carbocycles. The zero-order valence-electron chi connectivity index (χ0n) is 19.5. The zero-order valence-corrected chi connectivity index (χ0v) is 21.1. The minimum atomic E-state index is -3.74. The lowest BCUT2D eigenvalue weighted by atomic mass is 10.2. The molecular weight excluding hydrogens is 484 g/mol. The van der Waals surface area contributed by atoms with Crippen molar-refractivity contribution in [2.45, 2.75) is 24.8 Å². The first-order valence-corrected chi connectivity index (χ1v) is 13.7. The van der Waals surface area contributed by atoms with Crippen LogP contribution >= 0.6 is 11.3 Å². The summed E-state index contributed by atoms with van der Waals surface area (Å²) < 4.78 is 29.5. The molecule has 35 heavy (non-hydrogen) atoms. The maximum atomic E-state index is 13.2. The Kier molecular flexibility index (Phi) is 6.20. The smallest absolute Gasteiger partial charge is 0.265 e. The van der Waals surface area contributed by atoms with Gasteiger partial charge in [-0.2, -0.15) is 0 Å². The Morgan fingerprint density at radius 2 is 1.89 bits per heavy atom.